The van der Waals surface area contributed by atoms with Crippen LogP contribution in [0.1, 0.15) is 31.4 Å². The maximum absolute atomic E-state index is 11.8. The van der Waals surface area contributed by atoms with Crippen LogP contribution in [0, 0.1) is 0 Å². The third-order valence-corrected chi connectivity index (χ3v) is 6.36. The van der Waals surface area contributed by atoms with Gasteiger partial charge in [-0.05, 0) is 37.8 Å². The van der Waals surface area contributed by atoms with E-state index < -0.39 is 10.0 Å². The maximum atomic E-state index is 11.8. The number of nitrogens with zero attached hydrogens (tertiary/aromatic N) is 3. The fraction of sp³-hybridized carbons (Fsp3) is 0.611. The molecule has 0 bridgehead atoms. The van der Waals surface area contributed by atoms with Crippen LogP contribution in [0.15, 0.2) is 29.3 Å². The molecule has 1 aromatic rings. The Balaban J connectivity index is 0.00000338. The largest absolute Gasteiger partial charge is 0.357 e. The van der Waals surface area contributed by atoms with Crippen molar-refractivity contribution in [1.82, 2.24) is 14.5 Å². The first kappa shape index (κ1) is 23.2. The number of fused-ring (bicyclic) bond motifs is 1. The van der Waals surface area contributed by atoms with E-state index in [0.29, 0.717) is 13.1 Å². The molecule has 0 saturated carbocycles. The van der Waals surface area contributed by atoms with Gasteiger partial charge in [0.2, 0.25) is 10.0 Å². The van der Waals surface area contributed by atoms with Crippen molar-refractivity contribution in [1.29, 1.82) is 0 Å². The molecule has 1 aromatic carbocycles. The Labute approximate surface area is 175 Å². The van der Waals surface area contributed by atoms with Crippen molar-refractivity contribution in [2.75, 3.05) is 39.0 Å². The number of halogens is 1. The second-order valence-corrected chi connectivity index (χ2v) is 8.62. The second-order valence-electron chi connectivity index (χ2n) is 6.25. The van der Waals surface area contributed by atoms with Crippen LogP contribution in [0.3, 0.4) is 0 Å². The van der Waals surface area contributed by atoms with Crippen LogP contribution in [0.25, 0.3) is 0 Å². The zero-order chi connectivity index (χ0) is 18.3. The monoisotopic (exact) mass is 494 g/mol. The number of hydrogen-bond donors (Lipinski definition) is 1. The Morgan fingerprint density at radius 3 is 2.62 bits per heavy atom. The van der Waals surface area contributed by atoms with E-state index in [1.165, 1.54) is 15.4 Å². The highest BCUT2D eigenvalue weighted by atomic mass is 127. The zero-order valence-corrected chi connectivity index (χ0v) is 19.1. The van der Waals surface area contributed by atoms with Gasteiger partial charge in [-0.25, -0.2) is 12.7 Å². The molecular weight excluding hydrogens is 463 g/mol. The molecule has 0 aliphatic carbocycles. The lowest BCUT2D eigenvalue weighted by molar-refractivity contribution is 0.378. The molecule has 6 nitrogen and oxygen atoms in total. The molecule has 1 aliphatic rings. The minimum absolute atomic E-state index is 0. The van der Waals surface area contributed by atoms with Crippen LogP contribution in [0.5, 0.6) is 0 Å². The van der Waals surface area contributed by atoms with Gasteiger partial charge in [-0.1, -0.05) is 24.3 Å². The molecule has 148 valence electrons. The summed E-state index contributed by atoms with van der Waals surface area (Å²) in [7, 11) is -1.47. The van der Waals surface area contributed by atoms with E-state index in [4.69, 9.17) is 4.99 Å². The number of hydrogen-bond acceptors (Lipinski definition) is 3. The lowest BCUT2D eigenvalue weighted by Crippen LogP contribution is -2.44. The predicted octanol–water partition coefficient (Wildman–Crippen LogP) is 2.30. The Bertz CT molecular complexity index is 694. The first-order valence-electron chi connectivity index (χ1n) is 9.02. The minimum Gasteiger partial charge on any atom is -0.357 e. The van der Waals surface area contributed by atoms with Crippen LogP contribution in [-0.4, -0.2) is 62.6 Å². The molecule has 0 amide bonds. The number of guanidine groups is 1. The summed E-state index contributed by atoms with van der Waals surface area (Å²) in [6.07, 6.45) is 1.74. The van der Waals surface area contributed by atoms with E-state index >= 15 is 0 Å². The molecule has 8 heteroatoms. The van der Waals surface area contributed by atoms with Gasteiger partial charge in [0.15, 0.2) is 5.96 Å². The molecule has 1 heterocycles. The Morgan fingerprint density at radius 2 is 1.96 bits per heavy atom. The van der Waals surface area contributed by atoms with Crippen molar-refractivity contribution in [3.63, 3.8) is 0 Å². The number of nitrogens with one attached hydrogen (secondary N) is 1. The van der Waals surface area contributed by atoms with Crippen LogP contribution in [-0.2, 0) is 23.0 Å². The van der Waals surface area contributed by atoms with Crippen molar-refractivity contribution >= 4 is 40.0 Å². The van der Waals surface area contributed by atoms with Crippen molar-refractivity contribution in [2.24, 2.45) is 4.99 Å². The molecule has 26 heavy (non-hydrogen) atoms. The Kier molecular flexibility index (Phi) is 9.88. The molecular formula is C18H31IN4O2S. The average molecular weight is 494 g/mol. The average Bonchev–Trinajstić information content (AvgIpc) is 2.63. The van der Waals surface area contributed by atoms with E-state index in [2.05, 4.69) is 41.4 Å². The van der Waals surface area contributed by atoms with E-state index in [9.17, 15) is 8.42 Å². The summed E-state index contributed by atoms with van der Waals surface area (Å²) in [4.78, 5) is 6.98. The molecule has 0 unspecified atom stereocenters. The van der Waals surface area contributed by atoms with Gasteiger partial charge in [-0.2, -0.15) is 0 Å². The molecule has 0 aromatic heterocycles. The van der Waals surface area contributed by atoms with Crippen molar-refractivity contribution < 1.29 is 8.42 Å². The van der Waals surface area contributed by atoms with Gasteiger partial charge in [0, 0.05) is 39.8 Å². The molecule has 0 fully saturated rings. The van der Waals surface area contributed by atoms with Crippen LogP contribution < -0.4 is 5.32 Å². The molecule has 0 radical (unpaired) electrons. The first-order valence-corrected chi connectivity index (χ1v) is 10.6. The molecule has 0 atom stereocenters. The van der Waals surface area contributed by atoms with Crippen molar-refractivity contribution in [3.05, 3.63) is 35.4 Å². The highest BCUT2D eigenvalue weighted by molar-refractivity contribution is 14.0. The summed E-state index contributed by atoms with van der Waals surface area (Å²) in [6, 6.07) is 8.54. The van der Waals surface area contributed by atoms with Gasteiger partial charge in [0.1, 0.15) is 0 Å². The zero-order valence-electron chi connectivity index (χ0n) is 15.9. The SMILES string of the molecule is CCNC(=NCCCN(C)S(=O)(=O)CC)N1CCc2ccccc2C1.I. The van der Waals surface area contributed by atoms with Crippen LogP contribution in [0.4, 0.5) is 0 Å². The number of sulfonamides is 1. The van der Waals surface area contributed by atoms with Crippen LogP contribution in [0.2, 0.25) is 0 Å². The summed E-state index contributed by atoms with van der Waals surface area (Å²) >= 11 is 0. The third kappa shape index (κ3) is 6.38. The number of benzene rings is 1. The molecule has 0 spiro atoms. The topological polar surface area (TPSA) is 65.0 Å². The predicted molar refractivity (Wildman–Crippen MR) is 119 cm³/mol. The number of rotatable bonds is 7. The maximum Gasteiger partial charge on any atom is 0.213 e. The fourth-order valence-electron chi connectivity index (χ4n) is 2.94. The summed E-state index contributed by atoms with van der Waals surface area (Å²) in [6.45, 7) is 7.49. The minimum atomic E-state index is -3.10. The van der Waals surface area contributed by atoms with E-state index in [-0.39, 0.29) is 29.7 Å². The van der Waals surface area contributed by atoms with Crippen LogP contribution >= 0.6 is 24.0 Å². The summed E-state index contributed by atoms with van der Waals surface area (Å²) in [5.41, 5.74) is 2.77. The summed E-state index contributed by atoms with van der Waals surface area (Å²) < 4.78 is 25.0. The third-order valence-electron chi connectivity index (χ3n) is 4.50. The Morgan fingerprint density at radius 1 is 1.27 bits per heavy atom. The smallest absolute Gasteiger partial charge is 0.213 e. The summed E-state index contributed by atoms with van der Waals surface area (Å²) in [5, 5.41) is 3.36. The van der Waals surface area contributed by atoms with E-state index in [1.807, 2.05) is 0 Å². The van der Waals surface area contributed by atoms with Gasteiger partial charge >= 0.3 is 0 Å². The van der Waals surface area contributed by atoms with Gasteiger partial charge in [-0.3, -0.25) is 4.99 Å². The van der Waals surface area contributed by atoms with Crippen molar-refractivity contribution in [2.45, 2.75) is 33.2 Å². The fourth-order valence-corrected chi connectivity index (χ4v) is 3.79. The quantitative estimate of drug-likeness (QED) is 0.274. The van der Waals surface area contributed by atoms with Gasteiger partial charge in [-0.15, -0.1) is 24.0 Å². The Hall–Kier alpha value is -0.870. The standard InChI is InChI=1S/C18H30N4O2S.HI/c1-4-19-18(20-12-8-13-21(3)25(23,24)5-2)22-14-11-16-9-6-7-10-17(16)15-22;/h6-7,9-10H,4-5,8,11-15H2,1-3H3,(H,19,20);1H. The van der Waals surface area contributed by atoms with Gasteiger partial charge in [0.25, 0.3) is 0 Å². The summed E-state index contributed by atoms with van der Waals surface area (Å²) in [5.74, 6) is 1.06. The molecule has 2 rings (SSSR count). The van der Waals surface area contributed by atoms with Gasteiger partial charge in [0.05, 0.1) is 5.75 Å². The normalized spacial score (nSPS) is 14.8. The molecule has 1 aliphatic heterocycles. The highest BCUT2D eigenvalue weighted by Crippen LogP contribution is 2.18. The molecule has 1 N–H and O–H groups in total. The van der Waals surface area contributed by atoms with Gasteiger partial charge < -0.3 is 10.2 Å². The van der Waals surface area contributed by atoms with E-state index in [1.54, 1.807) is 14.0 Å². The lowest BCUT2D eigenvalue weighted by atomic mass is 10.0. The van der Waals surface area contributed by atoms with Crippen molar-refractivity contribution in [3.8, 4) is 0 Å². The lowest BCUT2D eigenvalue weighted by Gasteiger charge is -2.31. The molecule has 0 saturated heterocycles. The first-order chi connectivity index (χ1) is 12.0. The van der Waals surface area contributed by atoms with E-state index in [0.717, 1.165) is 38.4 Å². The highest BCUT2D eigenvalue weighted by Gasteiger charge is 2.18. The number of aliphatic imine (C=N–C) groups is 1. The second kappa shape index (κ2) is 11.1.